The van der Waals surface area contributed by atoms with Crippen molar-refractivity contribution >= 4 is 27.9 Å². The van der Waals surface area contributed by atoms with Crippen LogP contribution < -0.4 is 10.1 Å². The lowest BCUT2D eigenvalue weighted by Crippen LogP contribution is -2.28. The van der Waals surface area contributed by atoms with Crippen LogP contribution in [0, 0.1) is 0 Å². The van der Waals surface area contributed by atoms with E-state index in [0.717, 1.165) is 33.6 Å². The standard InChI is InChI=1S/C20H19N3O3/c1-12(20-22-16-5-3-4-6-17(16)23-20)21-19(24)9-13-11-26-18-10-14(25-2)7-8-15(13)18/h3-8,10-12H,9H2,1-2H3,(H,21,24)(H,22,23)/t12-/m0/s1. The van der Waals surface area contributed by atoms with Gasteiger partial charge in [0, 0.05) is 17.0 Å². The monoisotopic (exact) mass is 349 g/mol. The number of benzene rings is 2. The lowest BCUT2D eigenvalue weighted by atomic mass is 10.1. The SMILES string of the molecule is COc1ccc2c(CC(=O)N[C@@H](C)c3nc4ccccc4[nH]3)coc2c1. The van der Waals surface area contributed by atoms with Crippen LogP contribution in [0.3, 0.4) is 0 Å². The van der Waals surface area contributed by atoms with Crippen LogP contribution in [0.2, 0.25) is 0 Å². The Morgan fingerprint density at radius 3 is 2.96 bits per heavy atom. The minimum atomic E-state index is -0.215. The number of ether oxygens (including phenoxy) is 1. The number of nitrogens with one attached hydrogen (secondary N) is 2. The van der Waals surface area contributed by atoms with Crippen LogP contribution in [0.4, 0.5) is 0 Å². The summed E-state index contributed by atoms with van der Waals surface area (Å²) in [4.78, 5) is 20.2. The van der Waals surface area contributed by atoms with E-state index in [1.807, 2.05) is 49.4 Å². The predicted molar refractivity (Wildman–Crippen MR) is 99.1 cm³/mol. The Morgan fingerprint density at radius 1 is 1.31 bits per heavy atom. The fourth-order valence-electron chi connectivity index (χ4n) is 3.04. The van der Waals surface area contributed by atoms with Crippen LogP contribution in [0.25, 0.3) is 22.0 Å². The van der Waals surface area contributed by atoms with Crippen molar-refractivity contribution in [1.82, 2.24) is 15.3 Å². The number of fused-ring (bicyclic) bond motifs is 2. The van der Waals surface area contributed by atoms with E-state index >= 15 is 0 Å². The Hall–Kier alpha value is -3.28. The highest BCUT2D eigenvalue weighted by Gasteiger charge is 2.16. The molecule has 26 heavy (non-hydrogen) atoms. The van der Waals surface area contributed by atoms with Crippen molar-refractivity contribution in [3.63, 3.8) is 0 Å². The summed E-state index contributed by atoms with van der Waals surface area (Å²) in [5, 5.41) is 3.90. The Labute approximate surface area is 150 Å². The van der Waals surface area contributed by atoms with Gasteiger partial charge in [-0.2, -0.15) is 0 Å². The maximum absolute atomic E-state index is 12.5. The number of aromatic nitrogens is 2. The highest BCUT2D eigenvalue weighted by molar-refractivity contribution is 5.88. The van der Waals surface area contributed by atoms with Gasteiger partial charge in [0.05, 0.1) is 36.9 Å². The fourth-order valence-corrected chi connectivity index (χ4v) is 3.04. The van der Waals surface area contributed by atoms with Gasteiger partial charge in [-0.25, -0.2) is 4.98 Å². The van der Waals surface area contributed by atoms with Gasteiger partial charge in [-0.15, -0.1) is 0 Å². The molecule has 2 aromatic heterocycles. The maximum atomic E-state index is 12.5. The van der Waals surface area contributed by atoms with Gasteiger partial charge >= 0.3 is 0 Å². The zero-order chi connectivity index (χ0) is 18.1. The number of carbonyl (C=O) groups excluding carboxylic acids is 1. The number of hydrogen-bond donors (Lipinski definition) is 2. The van der Waals surface area contributed by atoms with Crippen molar-refractivity contribution in [3.8, 4) is 5.75 Å². The molecule has 1 amide bonds. The molecule has 0 fully saturated rings. The molecule has 0 bridgehead atoms. The quantitative estimate of drug-likeness (QED) is 0.575. The van der Waals surface area contributed by atoms with Crippen molar-refractivity contribution in [3.05, 3.63) is 60.1 Å². The number of amides is 1. The van der Waals surface area contributed by atoms with Crippen molar-refractivity contribution in [1.29, 1.82) is 0 Å². The van der Waals surface area contributed by atoms with Crippen LogP contribution in [0.1, 0.15) is 24.4 Å². The van der Waals surface area contributed by atoms with E-state index in [2.05, 4.69) is 15.3 Å². The average Bonchev–Trinajstić information content (AvgIpc) is 3.25. The number of aromatic amines is 1. The molecule has 4 rings (SSSR count). The number of para-hydroxylation sites is 2. The number of furan rings is 1. The van der Waals surface area contributed by atoms with Crippen molar-refractivity contribution in [2.45, 2.75) is 19.4 Å². The third-order valence-corrected chi connectivity index (χ3v) is 4.41. The molecular formula is C20H19N3O3. The molecule has 4 aromatic rings. The summed E-state index contributed by atoms with van der Waals surface area (Å²) in [7, 11) is 1.61. The Balaban J connectivity index is 1.48. The van der Waals surface area contributed by atoms with E-state index in [-0.39, 0.29) is 18.4 Å². The molecule has 1 atom stereocenters. The molecule has 0 saturated carbocycles. The van der Waals surface area contributed by atoms with Crippen LogP contribution in [-0.4, -0.2) is 23.0 Å². The number of carbonyl (C=O) groups is 1. The molecule has 2 heterocycles. The van der Waals surface area contributed by atoms with E-state index in [1.54, 1.807) is 13.4 Å². The zero-order valence-corrected chi connectivity index (χ0v) is 14.6. The van der Waals surface area contributed by atoms with Gasteiger partial charge in [0.2, 0.25) is 5.91 Å². The lowest BCUT2D eigenvalue weighted by Gasteiger charge is -2.11. The molecule has 0 spiro atoms. The summed E-state index contributed by atoms with van der Waals surface area (Å²) in [6.45, 7) is 1.91. The number of hydrogen-bond acceptors (Lipinski definition) is 4. The van der Waals surface area contributed by atoms with Crippen LogP contribution in [-0.2, 0) is 11.2 Å². The highest BCUT2D eigenvalue weighted by atomic mass is 16.5. The topological polar surface area (TPSA) is 80.1 Å². The number of imidazole rings is 1. The zero-order valence-electron chi connectivity index (χ0n) is 14.6. The minimum Gasteiger partial charge on any atom is -0.497 e. The Bertz CT molecular complexity index is 1050. The van der Waals surface area contributed by atoms with E-state index in [0.29, 0.717) is 5.58 Å². The van der Waals surface area contributed by atoms with Crippen molar-refractivity contribution in [2.75, 3.05) is 7.11 Å². The van der Waals surface area contributed by atoms with Gasteiger partial charge < -0.3 is 19.5 Å². The molecule has 0 radical (unpaired) electrons. The Morgan fingerprint density at radius 2 is 2.15 bits per heavy atom. The third-order valence-electron chi connectivity index (χ3n) is 4.41. The van der Waals surface area contributed by atoms with Gasteiger partial charge in [0.15, 0.2) is 0 Å². The molecule has 6 heteroatoms. The smallest absolute Gasteiger partial charge is 0.225 e. The summed E-state index contributed by atoms with van der Waals surface area (Å²) in [5.41, 5.74) is 3.39. The molecule has 0 unspecified atom stereocenters. The molecule has 2 aromatic carbocycles. The number of methoxy groups -OCH3 is 1. The second-order valence-corrected chi connectivity index (χ2v) is 6.23. The molecule has 0 aliphatic rings. The summed E-state index contributed by atoms with van der Waals surface area (Å²) in [6.07, 6.45) is 1.86. The fraction of sp³-hybridized carbons (Fsp3) is 0.200. The molecule has 2 N–H and O–H groups in total. The lowest BCUT2D eigenvalue weighted by molar-refractivity contribution is -0.121. The predicted octanol–water partition coefficient (Wildman–Crippen LogP) is 3.74. The van der Waals surface area contributed by atoms with Crippen molar-refractivity contribution in [2.24, 2.45) is 0 Å². The van der Waals surface area contributed by atoms with Gasteiger partial charge in [-0.3, -0.25) is 4.79 Å². The van der Waals surface area contributed by atoms with Crippen LogP contribution in [0.15, 0.2) is 53.1 Å². The summed E-state index contributed by atoms with van der Waals surface area (Å²) < 4.78 is 10.7. The third kappa shape index (κ3) is 3.01. The summed E-state index contributed by atoms with van der Waals surface area (Å²) in [6, 6.07) is 13.2. The highest BCUT2D eigenvalue weighted by Crippen LogP contribution is 2.26. The summed E-state index contributed by atoms with van der Waals surface area (Å²) >= 11 is 0. The van der Waals surface area contributed by atoms with E-state index in [4.69, 9.17) is 9.15 Å². The molecular weight excluding hydrogens is 330 g/mol. The second-order valence-electron chi connectivity index (χ2n) is 6.23. The second kappa shape index (κ2) is 6.55. The molecule has 6 nitrogen and oxygen atoms in total. The van der Waals surface area contributed by atoms with Crippen LogP contribution >= 0.6 is 0 Å². The first-order chi connectivity index (χ1) is 12.6. The Kier molecular flexibility index (Phi) is 4.08. The molecule has 132 valence electrons. The first-order valence-corrected chi connectivity index (χ1v) is 8.42. The van der Waals surface area contributed by atoms with Gasteiger partial charge in [-0.1, -0.05) is 12.1 Å². The number of H-pyrrole nitrogens is 1. The first-order valence-electron chi connectivity index (χ1n) is 8.42. The molecule has 0 aliphatic carbocycles. The van der Waals surface area contributed by atoms with E-state index in [9.17, 15) is 4.79 Å². The first kappa shape index (κ1) is 16.2. The van der Waals surface area contributed by atoms with Gasteiger partial charge in [0.25, 0.3) is 0 Å². The number of nitrogens with zero attached hydrogens (tertiary/aromatic N) is 1. The normalized spacial score (nSPS) is 12.4. The molecule has 0 saturated heterocycles. The van der Waals surface area contributed by atoms with Gasteiger partial charge in [-0.05, 0) is 31.2 Å². The minimum absolute atomic E-state index is 0.0866. The van der Waals surface area contributed by atoms with E-state index < -0.39 is 0 Å². The van der Waals surface area contributed by atoms with Gasteiger partial charge in [0.1, 0.15) is 17.2 Å². The average molecular weight is 349 g/mol. The summed E-state index contributed by atoms with van der Waals surface area (Å²) in [5.74, 6) is 1.37. The molecule has 0 aliphatic heterocycles. The largest absolute Gasteiger partial charge is 0.497 e. The van der Waals surface area contributed by atoms with Crippen molar-refractivity contribution < 1.29 is 13.9 Å². The van der Waals surface area contributed by atoms with E-state index in [1.165, 1.54) is 0 Å². The van der Waals surface area contributed by atoms with Crippen LogP contribution in [0.5, 0.6) is 5.75 Å². The number of rotatable bonds is 5. The maximum Gasteiger partial charge on any atom is 0.225 e.